The van der Waals surface area contributed by atoms with Crippen molar-refractivity contribution >= 4 is 11.6 Å². The summed E-state index contributed by atoms with van der Waals surface area (Å²) >= 11 is 0. The lowest BCUT2D eigenvalue weighted by Gasteiger charge is -2.13. The monoisotopic (exact) mass is 273 g/mol. The molecule has 5 heteroatoms. The highest BCUT2D eigenvalue weighted by molar-refractivity contribution is 5.92. The molecule has 1 heterocycles. The Balaban J connectivity index is 1.83. The van der Waals surface area contributed by atoms with E-state index in [0.717, 1.165) is 5.69 Å². The van der Waals surface area contributed by atoms with Gasteiger partial charge < -0.3 is 10.6 Å². The van der Waals surface area contributed by atoms with Crippen LogP contribution >= 0.6 is 0 Å². The molecule has 2 aromatic rings. The van der Waals surface area contributed by atoms with E-state index in [1.807, 2.05) is 25.1 Å². The third kappa shape index (κ3) is 4.13. The molecule has 104 valence electrons. The van der Waals surface area contributed by atoms with E-state index in [2.05, 4.69) is 15.6 Å². The Bertz CT molecular complexity index is 574. The van der Waals surface area contributed by atoms with Gasteiger partial charge in [-0.05, 0) is 37.3 Å². The van der Waals surface area contributed by atoms with Crippen molar-refractivity contribution in [3.8, 4) is 0 Å². The van der Waals surface area contributed by atoms with Crippen molar-refractivity contribution in [3.63, 3.8) is 0 Å². The molecule has 4 nitrogen and oxygen atoms in total. The van der Waals surface area contributed by atoms with E-state index >= 15 is 0 Å². The number of hydrogen-bond donors (Lipinski definition) is 2. The topological polar surface area (TPSA) is 54.0 Å². The summed E-state index contributed by atoms with van der Waals surface area (Å²) in [5.74, 6) is -0.601. The number of benzene rings is 1. The quantitative estimate of drug-likeness (QED) is 0.880. The number of halogens is 1. The molecule has 20 heavy (non-hydrogen) atoms. The molecular formula is C15H16FN3O. The lowest BCUT2D eigenvalue weighted by Crippen LogP contribution is -2.30. The summed E-state index contributed by atoms with van der Waals surface area (Å²) in [4.78, 5) is 16.0. The van der Waals surface area contributed by atoms with Crippen molar-refractivity contribution in [1.29, 1.82) is 0 Å². The molecule has 0 saturated carbocycles. The minimum atomic E-state index is -0.377. The van der Waals surface area contributed by atoms with Gasteiger partial charge >= 0.3 is 0 Å². The maximum atomic E-state index is 13.0. The van der Waals surface area contributed by atoms with Crippen LogP contribution in [0.4, 0.5) is 10.1 Å². The average molecular weight is 273 g/mol. The Kier molecular flexibility index (Phi) is 4.79. The first-order valence-electron chi connectivity index (χ1n) is 6.35. The van der Waals surface area contributed by atoms with Crippen molar-refractivity contribution in [2.45, 2.75) is 13.0 Å². The van der Waals surface area contributed by atoms with Gasteiger partial charge in [0, 0.05) is 17.9 Å². The summed E-state index contributed by atoms with van der Waals surface area (Å²) in [6.07, 6.45) is 1.71. The van der Waals surface area contributed by atoms with Gasteiger partial charge in [-0.3, -0.25) is 9.78 Å². The van der Waals surface area contributed by atoms with Crippen LogP contribution in [-0.4, -0.2) is 17.4 Å². The normalized spacial score (nSPS) is 11.9. The molecule has 1 aromatic carbocycles. The van der Waals surface area contributed by atoms with Crippen LogP contribution in [0.5, 0.6) is 0 Å². The van der Waals surface area contributed by atoms with Gasteiger partial charge in [0.25, 0.3) is 0 Å². The van der Waals surface area contributed by atoms with Gasteiger partial charge in [0.2, 0.25) is 5.91 Å². The Hall–Kier alpha value is -2.27. The van der Waals surface area contributed by atoms with Crippen molar-refractivity contribution in [3.05, 3.63) is 60.2 Å². The van der Waals surface area contributed by atoms with Gasteiger partial charge in [-0.25, -0.2) is 4.39 Å². The smallest absolute Gasteiger partial charge is 0.238 e. The van der Waals surface area contributed by atoms with E-state index in [-0.39, 0.29) is 24.3 Å². The standard InChI is InChI=1S/C15H16FN3O/c1-11(14-7-2-3-8-17-14)18-10-15(20)19-13-6-4-5-12(16)9-13/h2-9,11,18H,10H2,1H3,(H,19,20)/t11-/m1/s1. The van der Waals surface area contributed by atoms with E-state index < -0.39 is 0 Å². The Morgan fingerprint density at radius 2 is 2.15 bits per heavy atom. The number of aromatic nitrogens is 1. The molecule has 2 N–H and O–H groups in total. The summed E-state index contributed by atoms with van der Waals surface area (Å²) in [6.45, 7) is 2.06. The lowest BCUT2D eigenvalue weighted by atomic mass is 10.2. The second-order valence-electron chi connectivity index (χ2n) is 4.42. The zero-order chi connectivity index (χ0) is 14.4. The minimum absolute atomic E-state index is 0.0329. The fourth-order valence-corrected chi connectivity index (χ4v) is 1.75. The fourth-order valence-electron chi connectivity index (χ4n) is 1.75. The number of carbonyl (C=O) groups is 1. The number of amides is 1. The van der Waals surface area contributed by atoms with Crippen LogP contribution in [0.2, 0.25) is 0 Å². The van der Waals surface area contributed by atoms with E-state index in [0.29, 0.717) is 5.69 Å². The van der Waals surface area contributed by atoms with Crippen LogP contribution in [0.25, 0.3) is 0 Å². The predicted molar refractivity (Wildman–Crippen MR) is 75.7 cm³/mol. The first-order chi connectivity index (χ1) is 9.65. The molecule has 1 amide bonds. The van der Waals surface area contributed by atoms with Crippen LogP contribution in [0.3, 0.4) is 0 Å². The summed E-state index contributed by atoms with van der Waals surface area (Å²) < 4.78 is 13.0. The van der Waals surface area contributed by atoms with E-state index in [1.54, 1.807) is 18.3 Å². The molecule has 0 radical (unpaired) electrons. The Labute approximate surface area is 117 Å². The minimum Gasteiger partial charge on any atom is -0.325 e. The molecule has 0 saturated heterocycles. The van der Waals surface area contributed by atoms with Gasteiger partial charge in [-0.2, -0.15) is 0 Å². The highest BCUT2D eigenvalue weighted by atomic mass is 19.1. The van der Waals surface area contributed by atoms with Gasteiger partial charge in [0.05, 0.1) is 12.2 Å². The molecule has 1 atom stereocenters. The Morgan fingerprint density at radius 3 is 2.85 bits per heavy atom. The molecule has 0 aliphatic heterocycles. The third-order valence-corrected chi connectivity index (χ3v) is 2.81. The van der Waals surface area contributed by atoms with Crippen LogP contribution in [0, 0.1) is 5.82 Å². The number of nitrogens with zero attached hydrogens (tertiary/aromatic N) is 1. The maximum Gasteiger partial charge on any atom is 0.238 e. The molecule has 0 aliphatic rings. The second-order valence-corrected chi connectivity index (χ2v) is 4.42. The van der Waals surface area contributed by atoms with E-state index in [4.69, 9.17) is 0 Å². The van der Waals surface area contributed by atoms with Gasteiger partial charge in [0.15, 0.2) is 0 Å². The first kappa shape index (κ1) is 14.1. The molecule has 0 unspecified atom stereocenters. The van der Waals surface area contributed by atoms with Gasteiger partial charge in [-0.1, -0.05) is 12.1 Å². The largest absolute Gasteiger partial charge is 0.325 e. The third-order valence-electron chi connectivity index (χ3n) is 2.81. The van der Waals surface area contributed by atoms with Crippen LogP contribution < -0.4 is 10.6 Å². The van der Waals surface area contributed by atoms with Crippen molar-refractivity contribution in [2.75, 3.05) is 11.9 Å². The first-order valence-corrected chi connectivity index (χ1v) is 6.35. The molecule has 0 aliphatic carbocycles. The zero-order valence-corrected chi connectivity index (χ0v) is 11.1. The number of rotatable bonds is 5. The molecular weight excluding hydrogens is 257 g/mol. The van der Waals surface area contributed by atoms with Gasteiger partial charge in [0.1, 0.15) is 5.82 Å². The second kappa shape index (κ2) is 6.77. The predicted octanol–water partition coefficient (Wildman–Crippen LogP) is 2.51. The zero-order valence-electron chi connectivity index (χ0n) is 11.1. The summed E-state index contributed by atoms with van der Waals surface area (Å²) in [6, 6.07) is 11.4. The van der Waals surface area contributed by atoms with E-state index in [1.165, 1.54) is 12.1 Å². The lowest BCUT2D eigenvalue weighted by molar-refractivity contribution is -0.115. The SMILES string of the molecule is C[C@@H](NCC(=O)Nc1cccc(F)c1)c1ccccn1. The molecule has 1 aromatic heterocycles. The molecule has 0 fully saturated rings. The average Bonchev–Trinajstić information content (AvgIpc) is 2.46. The van der Waals surface area contributed by atoms with Crippen LogP contribution in [0.1, 0.15) is 18.7 Å². The highest BCUT2D eigenvalue weighted by Gasteiger charge is 2.08. The molecule has 0 bridgehead atoms. The number of nitrogens with one attached hydrogen (secondary N) is 2. The number of pyridine rings is 1. The van der Waals surface area contributed by atoms with Crippen LogP contribution in [-0.2, 0) is 4.79 Å². The fraction of sp³-hybridized carbons (Fsp3) is 0.200. The van der Waals surface area contributed by atoms with Crippen molar-refractivity contribution in [1.82, 2.24) is 10.3 Å². The number of anilines is 1. The summed E-state index contributed by atoms with van der Waals surface area (Å²) in [5.41, 5.74) is 1.31. The molecule has 2 rings (SSSR count). The summed E-state index contributed by atoms with van der Waals surface area (Å²) in [7, 11) is 0. The summed E-state index contributed by atoms with van der Waals surface area (Å²) in [5, 5.41) is 5.69. The van der Waals surface area contributed by atoms with Crippen molar-refractivity contribution < 1.29 is 9.18 Å². The van der Waals surface area contributed by atoms with Crippen LogP contribution in [0.15, 0.2) is 48.7 Å². The highest BCUT2D eigenvalue weighted by Crippen LogP contribution is 2.09. The number of hydrogen-bond acceptors (Lipinski definition) is 3. The van der Waals surface area contributed by atoms with Gasteiger partial charge in [-0.15, -0.1) is 0 Å². The van der Waals surface area contributed by atoms with E-state index in [9.17, 15) is 9.18 Å². The van der Waals surface area contributed by atoms with Crippen molar-refractivity contribution in [2.24, 2.45) is 0 Å². The Morgan fingerprint density at radius 1 is 1.30 bits per heavy atom. The maximum absolute atomic E-state index is 13.0. The molecule has 0 spiro atoms. The number of carbonyl (C=O) groups excluding carboxylic acids is 1.